The summed E-state index contributed by atoms with van der Waals surface area (Å²) in [6.07, 6.45) is 0. The van der Waals surface area contributed by atoms with Crippen LogP contribution in [0.4, 0.5) is 0 Å². The molecule has 0 aliphatic carbocycles. The van der Waals surface area contributed by atoms with Crippen LogP contribution in [0.3, 0.4) is 0 Å². The molecule has 0 unspecified atom stereocenters. The van der Waals surface area contributed by atoms with E-state index >= 15 is 0 Å². The van der Waals surface area contributed by atoms with Crippen molar-refractivity contribution in [3.05, 3.63) is 40.1 Å². The van der Waals surface area contributed by atoms with Gasteiger partial charge in [0.15, 0.2) is 0 Å². The lowest BCUT2D eigenvalue weighted by Crippen LogP contribution is -2.10. The monoisotopic (exact) mass is 313 g/mol. The molecule has 0 amide bonds. The third-order valence-corrected chi connectivity index (χ3v) is 3.41. The van der Waals surface area contributed by atoms with Crippen molar-refractivity contribution in [2.24, 2.45) is 0 Å². The first-order valence-electron chi connectivity index (χ1n) is 6.57. The number of ether oxygens (including phenoxy) is 1. The Morgan fingerprint density at radius 3 is 2.65 bits per heavy atom. The Morgan fingerprint density at radius 2 is 1.95 bits per heavy atom. The molecule has 1 aromatic carbocycles. The molecule has 0 saturated carbocycles. The fraction of sp³-hybridized carbons (Fsp3) is 0.333. The lowest BCUT2D eigenvalue weighted by molar-refractivity contribution is 0.340. The fourth-order valence-electron chi connectivity index (χ4n) is 1.85. The van der Waals surface area contributed by atoms with Crippen LogP contribution in [0, 0.1) is 0 Å². The van der Waals surface area contributed by atoms with Crippen molar-refractivity contribution in [1.29, 1.82) is 0 Å². The molecule has 0 aliphatic heterocycles. The van der Waals surface area contributed by atoms with Crippen LogP contribution in [0.1, 0.15) is 19.6 Å². The first kappa shape index (κ1) is 15.2. The minimum absolute atomic E-state index is 0.524. The minimum Gasteiger partial charge on any atom is -0.492 e. The van der Waals surface area contributed by atoms with E-state index in [2.05, 4.69) is 5.32 Å². The van der Waals surface area contributed by atoms with Gasteiger partial charge in [0, 0.05) is 11.6 Å². The van der Waals surface area contributed by atoms with Crippen LogP contribution in [0.2, 0.25) is 10.0 Å². The van der Waals surface area contributed by atoms with Crippen LogP contribution in [-0.2, 0) is 6.54 Å². The number of halogens is 2. The van der Waals surface area contributed by atoms with Gasteiger partial charge in [0.25, 0.3) is 0 Å². The van der Waals surface area contributed by atoms with Gasteiger partial charge in [-0.3, -0.25) is 0 Å². The standard InChI is InChI=1S/C15H17Cl2NO2/c1-3-18-9-10-5-6-14(20-10)11-7-13(17)15(19-4-2)8-12(11)16/h5-8,18H,3-4,9H2,1-2H3. The maximum Gasteiger partial charge on any atom is 0.139 e. The molecule has 0 aliphatic rings. The highest BCUT2D eigenvalue weighted by Crippen LogP contribution is 2.37. The molecule has 0 fully saturated rings. The van der Waals surface area contributed by atoms with Gasteiger partial charge in [-0.1, -0.05) is 30.1 Å². The molecule has 0 saturated heterocycles. The molecular formula is C15H17Cl2NO2. The van der Waals surface area contributed by atoms with E-state index in [9.17, 15) is 0 Å². The van der Waals surface area contributed by atoms with Crippen molar-refractivity contribution in [3.8, 4) is 17.1 Å². The molecule has 2 rings (SSSR count). The molecule has 0 bridgehead atoms. The second-order valence-electron chi connectivity index (χ2n) is 4.24. The van der Waals surface area contributed by atoms with E-state index in [1.54, 1.807) is 12.1 Å². The molecule has 1 heterocycles. The van der Waals surface area contributed by atoms with Gasteiger partial charge < -0.3 is 14.5 Å². The van der Waals surface area contributed by atoms with Crippen molar-refractivity contribution in [1.82, 2.24) is 5.32 Å². The third-order valence-electron chi connectivity index (χ3n) is 2.80. The summed E-state index contributed by atoms with van der Waals surface area (Å²) in [7, 11) is 0. The minimum atomic E-state index is 0.524. The predicted molar refractivity (Wildman–Crippen MR) is 82.7 cm³/mol. The average Bonchev–Trinajstić information content (AvgIpc) is 2.89. The number of hydrogen-bond donors (Lipinski definition) is 1. The molecule has 2 aromatic rings. The number of furan rings is 1. The number of benzene rings is 1. The molecule has 1 N–H and O–H groups in total. The largest absolute Gasteiger partial charge is 0.492 e. The van der Waals surface area contributed by atoms with Crippen molar-refractivity contribution in [3.63, 3.8) is 0 Å². The summed E-state index contributed by atoms with van der Waals surface area (Å²) >= 11 is 12.5. The zero-order valence-corrected chi connectivity index (χ0v) is 13.0. The van der Waals surface area contributed by atoms with Crippen LogP contribution in [0.25, 0.3) is 11.3 Å². The van der Waals surface area contributed by atoms with Crippen LogP contribution >= 0.6 is 23.2 Å². The first-order valence-corrected chi connectivity index (χ1v) is 7.33. The zero-order valence-electron chi connectivity index (χ0n) is 11.5. The highest BCUT2D eigenvalue weighted by Gasteiger charge is 2.13. The smallest absolute Gasteiger partial charge is 0.139 e. The summed E-state index contributed by atoms with van der Waals surface area (Å²) in [5.74, 6) is 2.15. The normalized spacial score (nSPS) is 10.8. The van der Waals surface area contributed by atoms with Gasteiger partial charge in [-0.05, 0) is 31.7 Å². The second-order valence-corrected chi connectivity index (χ2v) is 5.06. The van der Waals surface area contributed by atoms with Crippen LogP contribution in [-0.4, -0.2) is 13.2 Å². The Kier molecular flexibility index (Phi) is 5.35. The molecule has 108 valence electrons. The number of nitrogens with one attached hydrogen (secondary N) is 1. The van der Waals surface area contributed by atoms with E-state index in [1.165, 1.54) is 0 Å². The van der Waals surface area contributed by atoms with Gasteiger partial charge in [-0.15, -0.1) is 0 Å². The first-order chi connectivity index (χ1) is 9.65. The summed E-state index contributed by atoms with van der Waals surface area (Å²) in [5.41, 5.74) is 0.767. The van der Waals surface area contributed by atoms with E-state index in [-0.39, 0.29) is 0 Å². The molecule has 0 spiro atoms. The Labute approximate surface area is 128 Å². The van der Waals surface area contributed by atoms with Crippen molar-refractivity contribution >= 4 is 23.2 Å². The Hall–Kier alpha value is -1.16. The molecule has 5 heteroatoms. The maximum atomic E-state index is 6.27. The topological polar surface area (TPSA) is 34.4 Å². The van der Waals surface area contributed by atoms with Crippen LogP contribution in [0.15, 0.2) is 28.7 Å². The number of rotatable bonds is 6. The van der Waals surface area contributed by atoms with Gasteiger partial charge in [-0.25, -0.2) is 0 Å². The Bertz CT molecular complexity index is 581. The molecular weight excluding hydrogens is 297 g/mol. The molecule has 0 radical (unpaired) electrons. The number of hydrogen-bond acceptors (Lipinski definition) is 3. The maximum absolute atomic E-state index is 6.27. The molecule has 20 heavy (non-hydrogen) atoms. The Morgan fingerprint density at radius 1 is 1.15 bits per heavy atom. The van der Waals surface area contributed by atoms with E-state index < -0.39 is 0 Å². The van der Waals surface area contributed by atoms with Gasteiger partial charge >= 0.3 is 0 Å². The highest BCUT2D eigenvalue weighted by atomic mass is 35.5. The van der Waals surface area contributed by atoms with Crippen molar-refractivity contribution in [2.75, 3.05) is 13.2 Å². The summed E-state index contributed by atoms with van der Waals surface area (Å²) in [6.45, 7) is 6.08. The van der Waals surface area contributed by atoms with E-state index in [0.717, 1.165) is 17.9 Å². The zero-order chi connectivity index (χ0) is 14.5. The fourth-order valence-corrected chi connectivity index (χ4v) is 2.31. The predicted octanol–water partition coefficient (Wildman–Crippen LogP) is 4.76. The summed E-state index contributed by atoms with van der Waals surface area (Å²) < 4.78 is 11.2. The van der Waals surface area contributed by atoms with E-state index in [4.69, 9.17) is 32.4 Å². The Balaban J connectivity index is 2.28. The average molecular weight is 314 g/mol. The van der Waals surface area contributed by atoms with Crippen molar-refractivity contribution < 1.29 is 9.15 Å². The van der Waals surface area contributed by atoms with Gasteiger partial charge in [-0.2, -0.15) is 0 Å². The lowest BCUT2D eigenvalue weighted by atomic mass is 10.1. The lowest BCUT2D eigenvalue weighted by Gasteiger charge is -2.08. The molecule has 3 nitrogen and oxygen atoms in total. The van der Waals surface area contributed by atoms with Crippen LogP contribution < -0.4 is 10.1 Å². The molecule has 1 aromatic heterocycles. The summed E-state index contributed by atoms with van der Waals surface area (Å²) in [4.78, 5) is 0. The van der Waals surface area contributed by atoms with E-state index in [1.807, 2.05) is 26.0 Å². The van der Waals surface area contributed by atoms with Crippen LogP contribution in [0.5, 0.6) is 5.75 Å². The quantitative estimate of drug-likeness (QED) is 0.834. The molecule has 0 atom stereocenters. The van der Waals surface area contributed by atoms with Gasteiger partial charge in [0.05, 0.1) is 23.2 Å². The summed E-state index contributed by atoms with van der Waals surface area (Å²) in [5, 5.41) is 4.29. The third kappa shape index (κ3) is 3.48. The SMILES string of the molecule is CCNCc1ccc(-c2cc(Cl)c(OCC)cc2Cl)o1. The van der Waals surface area contributed by atoms with Gasteiger partial charge in [0.2, 0.25) is 0 Å². The van der Waals surface area contributed by atoms with Gasteiger partial charge in [0.1, 0.15) is 17.3 Å². The highest BCUT2D eigenvalue weighted by molar-refractivity contribution is 6.36. The van der Waals surface area contributed by atoms with E-state index in [0.29, 0.717) is 34.7 Å². The van der Waals surface area contributed by atoms with Crippen molar-refractivity contribution in [2.45, 2.75) is 20.4 Å². The summed E-state index contributed by atoms with van der Waals surface area (Å²) in [6, 6.07) is 7.31. The second kappa shape index (κ2) is 7.02.